The lowest BCUT2D eigenvalue weighted by Gasteiger charge is -2.08. The Morgan fingerprint density at radius 1 is 1.30 bits per heavy atom. The highest BCUT2D eigenvalue weighted by Crippen LogP contribution is 2.27. The smallest absolute Gasteiger partial charge is 0.259 e. The summed E-state index contributed by atoms with van der Waals surface area (Å²) in [6, 6.07) is 11.3. The largest absolute Gasteiger partial charge is 0.336 e. The molecule has 30 heavy (non-hydrogen) atoms. The van der Waals surface area contributed by atoms with Gasteiger partial charge in [0.1, 0.15) is 0 Å². The van der Waals surface area contributed by atoms with Crippen molar-refractivity contribution in [1.82, 2.24) is 15.1 Å². The lowest BCUT2D eigenvalue weighted by Crippen LogP contribution is -2.13. The molecule has 0 fully saturated rings. The summed E-state index contributed by atoms with van der Waals surface area (Å²) < 4.78 is 5.29. The van der Waals surface area contributed by atoms with Gasteiger partial charge in [-0.3, -0.25) is 10.1 Å². The third-order valence-corrected chi connectivity index (χ3v) is 5.62. The summed E-state index contributed by atoms with van der Waals surface area (Å²) in [5.41, 5.74) is 3.94. The molecule has 0 radical (unpaired) electrons. The predicted octanol–water partition coefficient (Wildman–Crippen LogP) is 4.83. The fourth-order valence-electron chi connectivity index (χ4n) is 3.10. The Bertz CT molecular complexity index is 1270. The molecular formula is C22H19N5O2S. The quantitative estimate of drug-likeness (QED) is 0.499. The summed E-state index contributed by atoms with van der Waals surface area (Å²) in [4.78, 5) is 22.8. The molecule has 3 aromatic heterocycles. The number of hydrogen-bond donors (Lipinski definition) is 1. The predicted molar refractivity (Wildman–Crippen MR) is 115 cm³/mol. The van der Waals surface area contributed by atoms with Crippen molar-refractivity contribution in [2.45, 2.75) is 33.1 Å². The van der Waals surface area contributed by atoms with Crippen LogP contribution in [0, 0.1) is 18.3 Å². The summed E-state index contributed by atoms with van der Waals surface area (Å²) in [5.74, 6) is -0.125. The molecule has 0 aliphatic rings. The fraction of sp³-hybridized carbons (Fsp3) is 0.227. The number of pyridine rings is 1. The number of amides is 1. The molecule has 1 N–H and O–H groups in total. The minimum Gasteiger partial charge on any atom is -0.336 e. The SMILES string of the molecule is Cc1noc2nc(C(C)C)cc(C(=O)Nc3ncc(Cc4ccc(C#N)cc4)s3)c12. The zero-order valence-corrected chi connectivity index (χ0v) is 17.6. The molecule has 0 atom stereocenters. The Morgan fingerprint density at radius 3 is 2.77 bits per heavy atom. The molecule has 7 nitrogen and oxygen atoms in total. The molecule has 0 aliphatic carbocycles. The zero-order valence-electron chi connectivity index (χ0n) is 16.8. The Morgan fingerprint density at radius 2 is 2.07 bits per heavy atom. The van der Waals surface area contributed by atoms with Gasteiger partial charge in [0.25, 0.3) is 11.6 Å². The van der Waals surface area contributed by atoms with Crippen molar-refractivity contribution in [2.24, 2.45) is 0 Å². The lowest BCUT2D eigenvalue weighted by atomic mass is 10.0. The molecular weight excluding hydrogens is 398 g/mol. The van der Waals surface area contributed by atoms with Crippen LogP contribution in [0.3, 0.4) is 0 Å². The maximum absolute atomic E-state index is 13.0. The number of carbonyl (C=O) groups is 1. The first kappa shape index (κ1) is 19.7. The molecule has 4 aromatic rings. The number of nitrogens with zero attached hydrogens (tertiary/aromatic N) is 4. The molecule has 0 bridgehead atoms. The van der Waals surface area contributed by atoms with Gasteiger partial charge in [-0.25, -0.2) is 9.97 Å². The Balaban J connectivity index is 1.56. The van der Waals surface area contributed by atoms with Gasteiger partial charge in [0.2, 0.25) is 0 Å². The molecule has 0 aliphatic heterocycles. The van der Waals surface area contributed by atoms with Crippen LogP contribution in [0.1, 0.15) is 57.5 Å². The normalized spacial score (nSPS) is 11.0. The van der Waals surface area contributed by atoms with Gasteiger partial charge < -0.3 is 4.52 Å². The number of nitriles is 1. The third-order valence-electron chi connectivity index (χ3n) is 4.71. The second-order valence-corrected chi connectivity index (χ2v) is 8.38. The second-order valence-electron chi connectivity index (χ2n) is 7.27. The van der Waals surface area contributed by atoms with E-state index < -0.39 is 0 Å². The summed E-state index contributed by atoms with van der Waals surface area (Å²) in [6.45, 7) is 5.81. The van der Waals surface area contributed by atoms with E-state index in [1.165, 1.54) is 11.3 Å². The Labute approximate surface area is 177 Å². The van der Waals surface area contributed by atoms with Crippen LogP contribution < -0.4 is 5.32 Å². The van der Waals surface area contributed by atoms with Crippen molar-refractivity contribution in [3.05, 3.63) is 69.5 Å². The maximum Gasteiger partial charge on any atom is 0.259 e. The highest BCUT2D eigenvalue weighted by molar-refractivity contribution is 7.15. The lowest BCUT2D eigenvalue weighted by molar-refractivity contribution is 0.102. The van der Waals surface area contributed by atoms with Crippen molar-refractivity contribution < 1.29 is 9.32 Å². The van der Waals surface area contributed by atoms with Crippen molar-refractivity contribution >= 4 is 33.5 Å². The standard InChI is InChI=1S/C22H19N5O2S/c1-12(2)18-9-17(19-13(3)27-29-21(19)25-18)20(28)26-22-24-11-16(30-22)8-14-4-6-15(10-23)7-5-14/h4-7,9,11-12H,8H2,1-3H3,(H,24,26,28). The summed E-state index contributed by atoms with van der Waals surface area (Å²) >= 11 is 1.42. The number of hydrogen-bond acceptors (Lipinski definition) is 7. The van der Waals surface area contributed by atoms with Crippen LogP contribution in [0.2, 0.25) is 0 Å². The third kappa shape index (κ3) is 3.93. The van der Waals surface area contributed by atoms with E-state index in [0.29, 0.717) is 39.5 Å². The average Bonchev–Trinajstić information content (AvgIpc) is 3.34. The summed E-state index contributed by atoms with van der Waals surface area (Å²) in [6.07, 6.45) is 2.44. The molecule has 150 valence electrons. The number of rotatable bonds is 5. The molecule has 3 heterocycles. The fourth-order valence-corrected chi connectivity index (χ4v) is 3.94. The second kappa shape index (κ2) is 8.05. The van der Waals surface area contributed by atoms with Crippen LogP contribution in [0.4, 0.5) is 5.13 Å². The van der Waals surface area contributed by atoms with E-state index in [1.807, 2.05) is 26.0 Å². The van der Waals surface area contributed by atoms with E-state index in [9.17, 15) is 4.79 Å². The van der Waals surface area contributed by atoms with Crippen molar-refractivity contribution in [2.75, 3.05) is 5.32 Å². The molecule has 0 spiro atoms. The van der Waals surface area contributed by atoms with Crippen molar-refractivity contribution in [3.63, 3.8) is 0 Å². The first-order chi connectivity index (χ1) is 14.4. The van der Waals surface area contributed by atoms with E-state index in [0.717, 1.165) is 16.1 Å². The number of benzene rings is 1. The number of fused-ring (bicyclic) bond motifs is 1. The van der Waals surface area contributed by atoms with Crippen molar-refractivity contribution in [1.29, 1.82) is 5.26 Å². The number of nitrogens with one attached hydrogen (secondary N) is 1. The van der Waals surface area contributed by atoms with Gasteiger partial charge in [-0.2, -0.15) is 5.26 Å². The van der Waals surface area contributed by atoms with Crippen LogP contribution in [0.15, 0.2) is 41.1 Å². The highest BCUT2D eigenvalue weighted by Gasteiger charge is 2.20. The maximum atomic E-state index is 13.0. The monoisotopic (exact) mass is 417 g/mol. The van der Waals surface area contributed by atoms with Gasteiger partial charge in [0, 0.05) is 23.2 Å². The van der Waals surface area contributed by atoms with Crippen LogP contribution >= 0.6 is 11.3 Å². The number of thiazole rings is 1. The van der Waals surface area contributed by atoms with E-state index in [4.69, 9.17) is 9.78 Å². The number of aromatic nitrogens is 3. The summed E-state index contributed by atoms with van der Waals surface area (Å²) in [5, 5.41) is 16.9. The van der Waals surface area contributed by atoms with Gasteiger partial charge in [-0.05, 0) is 36.6 Å². The topological polar surface area (TPSA) is 105 Å². The van der Waals surface area contributed by atoms with E-state index in [2.05, 4.69) is 26.5 Å². The van der Waals surface area contributed by atoms with Crippen LogP contribution in [-0.4, -0.2) is 21.0 Å². The van der Waals surface area contributed by atoms with Crippen LogP contribution in [0.25, 0.3) is 11.1 Å². The minimum absolute atomic E-state index is 0.144. The number of anilines is 1. The molecule has 4 rings (SSSR count). The first-order valence-electron chi connectivity index (χ1n) is 9.46. The van der Waals surface area contributed by atoms with Gasteiger partial charge in [-0.15, -0.1) is 11.3 Å². The minimum atomic E-state index is -0.269. The van der Waals surface area contributed by atoms with E-state index in [1.54, 1.807) is 31.3 Å². The zero-order chi connectivity index (χ0) is 21.3. The molecule has 0 saturated heterocycles. The van der Waals surface area contributed by atoms with Crippen molar-refractivity contribution in [3.8, 4) is 6.07 Å². The summed E-state index contributed by atoms with van der Waals surface area (Å²) in [7, 11) is 0. The first-order valence-corrected chi connectivity index (χ1v) is 10.3. The van der Waals surface area contributed by atoms with Gasteiger partial charge in [-0.1, -0.05) is 31.1 Å². The van der Waals surface area contributed by atoms with Crippen LogP contribution in [0.5, 0.6) is 0 Å². The molecule has 1 aromatic carbocycles. The van der Waals surface area contributed by atoms with E-state index >= 15 is 0 Å². The molecule has 1 amide bonds. The van der Waals surface area contributed by atoms with Gasteiger partial charge in [0.15, 0.2) is 5.13 Å². The van der Waals surface area contributed by atoms with Crippen LogP contribution in [-0.2, 0) is 6.42 Å². The highest BCUT2D eigenvalue weighted by atomic mass is 32.1. The molecule has 0 unspecified atom stereocenters. The molecule has 0 saturated carbocycles. The van der Waals surface area contributed by atoms with Gasteiger partial charge in [0.05, 0.1) is 28.3 Å². The number of carbonyl (C=O) groups excluding carboxylic acids is 1. The average molecular weight is 417 g/mol. The Hall–Kier alpha value is -3.57. The Kier molecular flexibility index (Phi) is 5.29. The van der Waals surface area contributed by atoms with E-state index in [-0.39, 0.29) is 11.8 Å². The number of aryl methyl sites for hydroxylation is 1. The molecule has 8 heteroatoms. The van der Waals surface area contributed by atoms with Gasteiger partial charge >= 0.3 is 0 Å².